The van der Waals surface area contributed by atoms with Crippen molar-refractivity contribution < 1.29 is 19.1 Å². The van der Waals surface area contributed by atoms with E-state index in [0.717, 1.165) is 0 Å². The van der Waals surface area contributed by atoms with Crippen LogP contribution in [-0.4, -0.2) is 22.0 Å². The SMILES string of the molecule is O=C(O)Cc1ccc(NC(=O)c2ccco2)cn1. The normalized spacial score (nSPS) is 10.0. The largest absolute Gasteiger partial charge is 0.481 e. The molecule has 0 spiro atoms. The molecular formula is C12H10N2O4. The molecule has 0 aromatic carbocycles. The van der Waals surface area contributed by atoms with Crippen molar-refractivity contribution in [3.05, 3.63) is 48.2 Å². The van der Waals surface area contributed by atoms with Gasteiger partial charge in [0.1, 0.15) is 0 Å². The van der Waals surface area contributed by atoms with Gasteiger partial charge in [-0.25, -0.2) is 0 Å². The molecule has 2 rings (SSSR count). The lowest BCUT2D eigenvalue weighted by Crippen LogP contribution is -2.11. The summed E-state index contributed by atoms with van der Waals surface area (Å²) in [6.07, 6.45) is 2.66. The number of nitrogens with one attached hydrogen (secondary N) is 1. The van der Waals surface area contributed by atoms with E-state index in [1.165, 1.54) is 12.5 Å². The monoisotopic (exact) mass is 246 g/mol. The zero-order valence-corrected chi connectivity index (χ0v) is 9.29. The molecule has 2 heterocycles. The summed E-state index contributed by atoms with van der Waals surface area (Å²) >= 11 is 0. The highest BCUT2D eigenvalue weighted by Gasteiger charge is 2.09. The molecular weight excluding hydrogens is 236 g/mol. The Balaban J connectivity index is 2.02. The number of rotatable bonds is 4. The van der Waals surface area contributed by atoms with Crippen molar-refractivity contribution in [3.63, 3.8) is 0 Å². The molecule has 1 amide bonds. The minimum Gasteiger partial charge on any atom is -0.481 e. The standard InChI is InChI=1S/C12H10N2O4/c15-11(16)6-8-3-4-9(7-13-8)14-12(17)10-2-1-5-18-10/h1-5,7H,6H2,(H,14,17)(H,15,16). The summed E-state index contributed by atoms with van der Waals surface area (Å²) < 4.78 is 4.93. The predicted octanol–water partition coefficient (Wildman–Crippen LogP) is 1.55. The predicted molar refractivity (Wildman–Crippen MR) is 62.2 cm³/mol. The molecule has 0 unspecified atom stereocenters. The van der Waals surface area contributed by atoms with Crippen LogP contribution in [0, 0.1) is 0 Å². The van der Waals surface area contributed by atoms with Gasteiger partial charge in [-0.15, -0.1) is 0 Å². The van der Waals surface area contributed by atoms with Crippen molar-refractivity contribution in [1.29, 1.82) is 0 Å². The number of nitrogens with zero attached hydrogens (tertiary/aromatic N) is 1. The van der Waals surface area contributed by atoms with Crippen LogP contribution >= 0.6 is 0 Å². The minimum atomic E-state index is -0.949. The van der Waals surface area contributed by atoms with Crippen molar-refractivity contribution in [3.8, 4) is 0 Å². The van der Waals surface area contributed by atoms with E-state index in [-0.39, 0.29) is 18.1 Å². The van der Waals surface area contributed by atoms with Gasteiger partial charge in [0.2, 0.25) is 0 Å². The van der Waals surface area contributed by atoms with Crippen molar-refractivity contribution >= 4 is 17.6 Å². The van der Waals surface area contributed by atoms with Gasteiger partial charge in [0, 0.05) is 0 Å². The fourth-order valence-electron chi connectivity index (χ4n) is 1.36. The Bertz CT molecular complexity index is 546. The number of aromatic nitrogens is 1. The van der Waals surface area contributed by atoms with E-state index < -0.39 is 5.97 Å². The van der Waals surface area contributed by atoms with E-state index in [1.54, 1.807) is 24.3 Å². The maximum absolute atomic E-state index is 11.6. The third kappa shape index (κ3) is 2.94. The van der Waals surface area contributed by atoms with E-state index in [2.05, 4.69) is 10.3 Å². The first-order valence-electron chi connectivity index (χ1n) is 5.17. The zero-order valence-electron chi connectivity index (χ0n) is 9.29. The number of hydrogen-bond donors (Lipinski definition) is 2. The Morgan fingerprint density at radius 3 is 2.72 bits per heavy atom. The van der Waals surface area contributed by atoms with Gasteiger partial charge >= 0.3 is 5.97 Å². The maximum atomic E-state index is 11.6. The summed E-state index contributed by atoms with van der Waals surface area (Å²) in [5.74, 6) is -1.13. The summed E-state index contributed by atoms with van der Waals surface area (Å²) in [4.78, 5) is 26.0. The van der Waals surface area contributed by atoms with Gasteiger partial charge < -0.3 is 14.8 Å². The third-order valence-corrected chi connectivity index (χ3v) is 2.16. The molecule has 92 valence electrons. The maximum Gasteiger partial charge on any atom is 0.309 e. The summed E-state index contributed by atoms with van der Waals surface area (Å²) in [5, 5.41) is 11.2. The van der Waals surface area contributed by atoms with Crippen LogP contribution in [0.25, 0.3) is 0 Å². The number of carboxylic acid groups (broad SMARTS) is 1. The van der Waals surface area contributed by atoms with Gasteiger partial charge in [0.15, 0.2) is 5.76 Å². The van der Waals surface area contributed by atoms with Crippen LogP contribution in [0.4, 0.5) is 5.69 Å². The summed E-state index contributed by atoms with van der Waals surface area (Å²) in [6, 6.07) is 6.29. The van der Waals surface area contributed by atoms with E-state index >= 15 is 0 Å². The minimum absolute atomic E-state index is 0.146. The lowest BCUT2D eigenvalue weighted by molar-refractivity contribution is -0.136. The number of carboxylic acids is 1. The smallest absolute Gasteiger partial charge is 0.309 e. The molecule has 6 heteroatoms. The topological polar surface area (TPSA) is 92.4 Å². The fourth-order valence-corrected chi connectivity index (χ4v) is 1.36. The Morgan fingerprint density at radius 1 is 1.33 bits per heavy atom. The number of carbonyl (C=O) groups excluding carboxylic acids is 1. The molecule has 0 saturated carbocycles. The van der Waals surface area contributed by atoms with Gasteiger partial charge in [-0.1, -0.05) is 0 Å². The van der Waals surface area contributed by atoms with E-state index in [1.807, 2.05) is 0 Å². The number of amides is 1. The Hall–Kier alpha value is -2.63. The molecule has 0 atom stereocenters. The highest BCUT2D eigenvalue weighted by molar-refractivity contribution is 6.02. The van der Waals surface area contributed by atoms with Crippen LogP contribution in [0.15, 0.2) is 41.1 Å². The average molecular weight is 246 g/mol. The summed E-state index contributed by atoms with van der Waals surface area (Å²) in [7, 11) is 0. The van der Waals surface area contributed by atoms with Crippen molar-refractivity contribution in [2.45, 2.75) is 6.42 Å². The summed E-state index contributed by atoms with van der Waals surface area (Å²) in [6.45, 7) is 0. The molecule has 2 aromatic heterocycles. The second kappa shape index (κ2) is 5.13. The molecule has 0 aliphatic rings. The van der Waals surface area contributed by atoms with Gasteiger partial charge in [-0.05, 0) is 24.3 Å². The third-order valence-electron chi connectivity index (χ3n) is 2.16. The second-order valence-corrected chi connectivity index (χ2v) is 3.54. The molecule has 18 heavy (non-hydrogen) atoms. The van der Waals surface area contributed by atoms with Crippen molar-refractivity contribution in [1.82, 2.24) is 4.98 Å². The van der Waals surface area contributed by atoms with Crippen LogP contribution in [0.1, 0.15) is 16.2 Å². The first-order valence-corrected chi connectivity index (χ1v) is 5.17. The number of anilines is 1. The molecule has 6 nitrogen and oxygen atoms in total. The van der Waals surface area contributed by atoms with Gasteiger partial charge in [-0.2, -0.15) is 0 Å². The Kier molecular flexibility index (Phi) is 3.38. The first kappa shape index (κ1) is 11.8. The molecule has 2 aromatic rings. The lowest BCUT2D eigenvalue weighted by Gasteiger charge is -2.03. The van der Waals surface area contributed by atoms with Crippen molar-refractivity contribution in [2.75, 3.05) is 5.32 Å². The molecule has 0 aliphatic heterocycles. The number of pyridine rings is 1. The average Bonchev–Trinajstić information content (AvgIpc) is 2.84. The second-order valence-electron chi connectivity index (χ2n) is 3.54. The quantitative estimate of drug-likeness (QED) is 0.853. The molecule has 0 bridgehead atoms. The number of carbonyl (C=O) groups is 2. The highest BCUT2D eigenvalue weighted by Crippen LogP contribution is 2.09. The van der Waals surface area contributed by atoms with E-state index in [4.69, 9.17) is 9.52 Å². The van der Waals surface area contributed by atoms with Gasteiger partial charge in [0.25, 0.3) is 5.91 Å². The number of furan rings is 1. The van der Waals surface area contributed by atoms with Crippen LogP contribution in [0.2, 0.25) is 0 Å². The van der Waals surface area contributed by atoms with Crippen molar-refractivity contribution in [2.24, 2.45) is 0 Å². The van der Waals surface area contributed by atoms with Crippen LogP contribution in [0.5, 0.6) is 0 Å². The van der Waals surface area contributed by atoms with Gasteiger partial charge in [0.05, 0.1) is 30.3 Å². The molecule has 0 radical (unpaired) electrons. The Morgan fingerprint density at radius 2 is 2.17 bits per heavy atom. The molecule has 0 fully saturated rings. The summed E-state index contributed by atoms with van der Waals surface area (Å²) in [5.41, 5.74) is 0.907. The zero-order chi connectivity index (χ0) is 13.0. The van der Waals surface area contributed by atoms with Crippen LogP contribution in [0.3, 0.4) is 0 Å². The lowest BCUT2D eigenvalue weighted by atomic mass is 10.2. The van der Waals surface area contributed by atoms with Crippen LogP contribution in [-0.2, 0) is 11.2 Å². The first-order chi connectivity index (χ1) is 8.65. The van der Waals surface area contributed by atoms with E-state index in [0.29, 0.717) is 11.4 Å². The van der Waals surface area contributed by atoms with Crippen LogP contribution < -0.4 is 5.32 Å². The highest BCUT2D eigenvalue weighted by atomic mass is 16.4. The Labute approximate surface area is 102 Å². The molecule has 0 aliphatic carbocycles. The number of hydrogen-bond acceptors (Lipinski definition) is 4. The fraction of sp³-hybridized carbons (Fsp3) is 0.0833. The van der Waals surface area contributed by atoms with Gasteiger partial charge in [-0.3, -0.25) is 14.6 Å². The van der Waals surface area contributed by atoms with E-state index in [9.17, 15) is 9.59 Å². The molecule has 0 saturated heterocycles. The molecule has 2 N–H and O–H groups in total. The number of aliphatic carboxylic acids is 1.